The molecule has 0 aliphatic heterocycles. The van der Waals surface area contributed by atoms with Crippen molar-refractivity contribution in [3.63, 3.8) is 0 Å². The van der Waals surface area contributed by atoms with Crippen LogP contribution in [0.2, 0.25) is 0 Å². The van der Waals surface area contributed by atoms with E-state index in [0.717, 1.165) is 19.3 Å². The van der Waals surface area contributed by atoms with Crippen molar-refractivity contribution in [3.8, 4) is 0 Å². The van der Waals surface area contributed by atoms with Gasteiger partial charge in [0.25, 0.3) is 0 Å². The van der Waals surface area contributed by atoms with Gasteiger partial charge in [0.2, 0.25) is 11.3 Å². The minimum Gasteiger partial charge on any atom is -0.330 e. The van der Waals surface area contributed by atoms with E-state index >= 15 is 0 Å². The molecule has 5 heteroatoms. The van der Waals surface area contributed by atoms with Crippen LogP contribution in [0.25, 0.3) is 0 Å². The summed E-state index contributed by atoms with van der Waals surface area (Å²) >= 11 is -1.85. The Hall–Kier alpha value is 0.0300. The average Bonchev–Trinajstić information content (AvgIpc) is 1.87. The standard InChI is InChI=1S/C5H14N2O2S/c6-4-2-1-3-5-7-10(8)9/h7H,1-6H2,(H,8,9). The molecule has 0 aromatic carbocycles. The van der Waals surface area contributed by atoms with Crippen LogP contribution in [-0.4, -0.2) is 21.9 Å². The van der Waals surface area contributed by atoms with Gasteiger partial charge in [0, 0.05) is 6.54 Å². The van der Waals surface area contributed by atoms with Crippen LogP contribution in [0.5, 0.6) is 0 Å². The van der Waals surface area contributed by atoms with Crippen LogP contribution < -0.4 is 10.5 Å². The molecule has 0 aromatic heterocycles. The van der Waals surface area contributed by atoms with Crippen LogP contribution in [0.15, 0.2) is 0 Å². The van der Waals surface area contributed by atoms with Crippen molar-refractivity contribution in [1.29, 1.82) is 0 Å². The van der Waals surface area contributed by atoms with Crippen molar-refractivity contribution in [1.82, 2.24) is 4.72 Å². The summed E-state index contributed by atoms with van der Waals surface area (Å²) in [7, 11) is 0. The van der Waals surface area contributed by atoms with Gasteiger partial charge in [0.15, 0.2) is 0 Å². The molecule has 0 amide bonds. The molecule has 0 bridgehead atoms. The summed E-state index contributed by atoms with van der Waals surface area (Å²) in [5.41, 5.74) is 5.24. The molecular weight excluding hydrogens is 152 g/mol. The Labute approximate surface area is 63.6 Å². The van der Waals surface area contributed by atoms with Gasteiger partial charge in [-0.25, -0.2) is 8.93 Å². The minimum atomic E-state index is -1.85. The second kappa shape index (κ2) is 7.14. The predicted molar refractivity (Wildman–Crippen MR) is 41.7 cm³/mol. The van der Waals surface area contributed by atoms with Gasteiger partial charge in [-0.2, -0.15) is 0 Å². The first-order valence-corrected chi connectivity index (χ1v) is 4.42. The van der Waals surface area contributed by atoms with E-state index in [0.29, 0.717) is 13.1 Å². The van der Waals surface area contributed by atoms with Crippen molar-refractivity contribution in [2.24, 2.45) is 5.73 Å². The van der Waals surface area contributed by atoms with Crippen molar-refractivity contribution in [2.75, 3.05) is 13.1 Å². The van der Waals surface area contributed by atoms with Crippen LogP contribution in [0.1, 0.15) is 19.3 Å². The fraction of sp³-hybridized carbons (Fsp3) is 1.00. The Morgan fingerprint density at radius 2 is 2.10 bits per heavy atom. The van der Waals surface area contributed by atoms with E-state index in [9.17, 15) is 4.21 Å². The molecule has 4 nitrogen and oxygen atoms in total. The van der Waals surface area contributed by atoms with Gasteiger partial charge in [0.05, 0.1) is 0 Å². The maximum absolute atomic E-state index is 10.0. The third-order valence-corrected chi connectivity index (χ3v) is 1.56. The van der Waals surface area contributed by atoms with E-state index in [1.54, 1.807) is 0 Å². The molecule has 0 spiro atoms. The summed E-state index contributed by atoms with van der Waals surface area (Å²) in [6.07, 6.45) is 2.91. The lowest BCUT2D eigenvalue weighted by Gasteiger charge is -1.97. The second-order valence-electron chi connectivity index (χ2n) is 1.99. The van der Waals surface area contributed by atoms with Gasteiger partial charge in [0.1, 0.15) is 0 Å². The fourth-order valence-electron chi connectivity index (χ4n) is 0.606. The van der Waals surface area contributed by atoms with Gasteiger partial charge in [-0.15, -0.1) is 0 Å². The zero-order valence-corrected chi connectivity index (χ0v) is 6.69. The number of hydrogen-bond donors (Lipinski definition) is 3. The molecule has 10 heavy (non-hydrogen) atoms. The monoisotopic (exact) mass is 166 g/mol. The lowest BCUT2D eigenvalue weighted by atomic mass is 10.2. The first-order valence-electron chi connectivity index (χ1n) is 3.32. The third-order valence-electron chi connectivity index (χ3n) is 1.11. The Morgan fingerprint density at radius 1 is 1.40 bits per heavy atom. The molecule has 4 N–H and O–H groups in total. The molecule has 1 unspecified atom stereocenters. The van der Waals surface area contributed by atoms with E-state index in [-0.39, 0.29) is 0 Å². The van der Waals surface area contributed by atoms with E-state index < -0.39 is 11.3 Å². The van der Waals surface area contributed by atoms with Gasteiger partial charge in [-0.1, -0.05) is 6.42 Å². The molecule has 0 aliphatic rings. The lowest BCUT2D eigenvalue weighted by molar-refractivity contribution is 0.544. The summed E-state index contributed by atoms with van der Waals surface area (Å²) < 4.78 is 20.6. The highest BCUT2D eigenvalue weighted by molar-refractivity contribution is 7.77. The van der Waals surface area contributed by atoms with Crippen molar-refractivity contribution in [3.05, 3.63) is 0 Å². The first kappa shape index (κ1) is 10.0. The molecule has 0 fully saturated rings. The normalized spacial score (nSPS) is 13.4. The van der Waals surface area contributed by atoms with E-state index in [1.165, 1.54) is 0 Å². The SMILES string of the molecule is NCCCCCNS(=O)O. The Kier molecular flexibility index (Phi) is 7.16. The molecular formula is C5H14N2O2S. The average molecular weight is 166 g/mol. The first-order chi connectivity index (χ1) is 4.77. The molecule has 62 valence electrons. The minimum absolute atomic E-state index is 0.586. The van der Waals surface area contributed by atoms with E-state index in [1.807, 2.05) is 0 Å². The molecule has 0 aromatic rings. The van der Waals surface area contributed by atoms with Crippen molar-refractivity contribution >= 4 is 11.3 Å². The topological polar surface area (TPSA) is 75.3 Å². The molecule has 0 saturated heterocycles. The maximum Gasteiger partial charge on any atom is 0.231 e. The van der Waals surface area contributed by atoms with E-state index in [2.05, 4.69) is 4.72 Å². The summed E-state index contributed by atoms with van der Waals surface area (Å²) in [6.45, 7) is 1.28. The molecule has 1 atom stereocenters. The quantitative estimate of drug-likeness (QED) is 0.379. The van der Waals surface area contributed by atoms with Gasteiger partial charge < -0.3 is 5.73 Å². The van der Waals surface area contributed by atoms with Crippen molar-refractivity contribution < 1.29 is 8.76 Å². The Bertz CT molecular complexity index is 99.6. The summed E-state index contributed by atoms with van der Waals surface area (Å²) in [5, 5.41) is 0. The summed E-state index contributed by atoms with van der Waals surface area (Å²) in [4.78, 5) is 0. The highest BCUT2D eigenvalue weighted by atomic mass is 32.2. The number of rotatable bonds is 6. The number of nitrogens with two attached hydrogens (primary N) is 1. The fourth-order valence-corrected chi connectivity index (χ4v) is 0.925. The Morgan fingerprint density at radius 3 is 2.60 bits per heavy atom. The van der Waals surface area contributed by atoms with Crippen LogP contribution >= 0.6 is 0 Å². The zero-order valence-electron chi connectivity index (χ0n) is 5.88. The lowest BCUT2D eigenvalue weighted by Crippen LogP contribution is -2.17. The van der Waals surface area contributed by atoms with Crippen LogP contribution in [-0.2, 0) is 11.3 Å². The maximum atomic E-state index is 10.0. The number of unbranched alkanes of at least 4 members (excludes halogenated alkanes) is 2. The smallest absolute Gasteiger partial charge is 0.231 e. The van der Waals surface area contributed by atoms with Crippen LogP contribution in [0.4, 0.5) is 0 Å². The van der Waals surface area contributed by atoms with Crippen LogP contribution in [0.3, 0.4) is 0 Å². The molecule has 0 aliphatic carbocycles. The highest BCUT2D eigenvalue weighted by Gasteiger charge is 1.90. The van der Waals surface area contributed by atoms with Gasteiger partial charge in [-0.3, -0.25) is 4.55 Å². The van der Waals surface area contributed by atoms with Crippen molar-refractivity contribution in [2.45, 2.75) is 19.3 Å². The summed E-state index contributed by atoms with van der Waals surface area (Å²) in [6, 6.07) is 0. The molecule has 0 radical (unpaired) electrons. The largest absolute Gasteiger partial charge is 0.330 e. The second-order valence-corrected chi connectivity index (χ2v) is 2.78. The summed E-state index contributed by atoms with van der Waals surface area (Å²) in [5.74, 6) is 0. The number of hydrogen-bond acceptors (Lipinski definition) is 2. The molecule has 0 heterocycles. The predicted octanol–water partition coefficient (Wildman–Crippen LogP) is -0.158. The molecule has 0 rings (SSSR count). The highest BCUT2D eigenvalue weighted by Crippen LogP contribution is 1.90. The van der Waals surface area contributed by atoms with E-state index in [4.69, 9.17) is 10.3 Å². The third kappa shape index (κ3) is 8.03. The van der Waals surface area contributed by atoms with Crippen LogP contribution in [0, 0.1) is 0 Å². The molecule has 0 saturated carbocycles. The number of nitrogens with one attached hydrogen (secondary N) is 1. The van der Waals surface area contributed by atoms with Gasteiger partial charge in [-0.05, 0) is 19.4 Å². The van der Waals surface area contributed by atoms with Gasteiger partial charge >= 0.3 is 0 Å². The Balaban J connectivity index is 2.84. The zero-order chi connectivity index (χ0) is 7.82.